The van der Waals surface area contributed by atoms with Gasteiger partial charge >= 0.3 is 0 Å². The maximum atomic E-state index is 12.6. The number of nitrogens with zero attached hydrogens (tertiary/aromatic N) is 3. The summed E-state index contributed by atoms with van der Waals surface area (Å²) in [7, 11) is 0. The molecule has 2 fully saturated rings. The number of ether oxygens (including phenoxy) is 1. The number of amides is 1. The van der Waals surface area contributed by atoms with Gasteiger partial charge in [0.1, 0.15) is 5.76 Å². The van der Waals surface area contributed by atoms with Gasteiger partial charge in [0.2, 0.25) is 5.91 Å². The van der Waals surface area contributed by atoms with E-state index >= 15 is 0 Å². The summed E-state index contributed by atoms with van der Waals surface area (Å²) in [6.45, 7) is 9.48. The van der Waals surface area contributed by atoms with Gasteiger partial charge in [-0.3, -0.25) is 9.69 Å². The van der Waals surface area contributed by atoms with Crippen LogP contribution in [0.15, 0.2) is 4.52 Å². The lowest BCUT2D eigenvalue weighted by atomic mass is 10.1. The predicted octanol–water partition coefficient (Wildman–Crippen LogP) is 1.94. The third kappa shape index (κ3) is 4.36. The number of carbonyl (C=O) groups excluding carboxylic acids is 1. The van der Waals surface area contributed by atoms with Gasteiger partial charge in [0.25, 0.3) is 0 Å². The molecule has 0 spiro atoms. The van der Waals surface area contributed by atoms with Crippen molar-refractivity contribution >= 4 is 5.91 Å². The summed E-state index contributed by atoms with van der Waals surface area (Å²) in [5, 5.41) is 3.96. The van der Waals surface area contributed by atoms with E-state index in [1.807, 2.05) is 18.7 Å². The van der Waals surface area contributed by atoms with Crippen molar-refractivity contribution < 1.29 is 14.1 Å². The molecular formula is C18H29N3O3. The van der Waals surface area contributed by atoms with E-state index in [4.69, 9.17) is 9.26 Å². The lowest BCUT2D eigenvalue weighted by Crippen LogP contribution is -2.37. The molecule has 3 rings (SSSR count). The highest BCUT2D eigenvalue weighted by molar-refractivity contribution is 5.76. The number of carbonyl (C=O) groups is 1. The minimum absolute atomic E-state index is 0.244. The molecule has 2 aliphatic heterocycles. The molecule has 0 saturated carbocycles. The van der Waals surface area contributed by atoms with Crippen LogP contribution < -0.4 is 0 Å². The molecule has 0 radical (unpaired) electrons. The minimum atomic E-state index is 0.244. The first-order valence-corrected chi connectivity index (χ1v) is 9.17. The van der Waals surface area contributed by atoms with E-state index in [1.54, 1.807) is 0 Å². The molecule has 0 unspecified atom stereocenters. The molecule has 1 amide bonds. The first-order valence-electron chi connectivity index (χ1n) is 9.17. The highest BCUT2D eigenvalue weighted by Gasteiger charge is 2.23. The van der Waals surface area contributed by atoms with Crippen LogP contribution in [0.25, 0.3) is 0 Å². The second-order valence-corrected chi connectivity index (χ2v) is 6.97. The molecule has 3 heterocycles. The zero-order valence-electron chi connectivity index (χ0n) is 14.9. The van der Waals surface area contributed by atoms with Crippen molar-refractivity contribution in [3.63, 3.8) is 0 Å². The molecule has 0 bridgehead atoms. The van der Waals surface area contributed by atoms with E-state index in [2.05, 4.69) is 10.1 Å². The van der Waals surface area contributed by atoms with E-state index in [1.165, 1.54) is 12.8 Å². The highest BCUT2D eigenvalue weighted by atomic mass is 16.5. The van der Waals surface area contributed by atoms with Gasteiger partial charge in [0.15, 0.2) is 0 Å². The number of hydrogen-bond acceptors (Lipinski definition) is 5. The summed E-state index contributed by atoms with van der Waals surface area (Å²) < 4.78 is 10.9. The van der Waals surface area contributed by atoms with Crippen molar-refractivity contribution in [3.05, 3.63) is 17.0 Å². The molecule has 0 N–H and O–H groups in total. The van der Waals surface area contributed by atoms with Crippen LogP contribution in [-0.2, 0) is 16.0 Å². The fraction of sp³-hybridized carbons (Fsp3) is 0.778. The fourth-order valence-corrected chi connectivity index (χ4v) is 3.73. The summed E-state index contributed by atoms with van der Waals surface area (Å²) >= 11 is 0. The minimum Gasteiger partial charge on any atom is -0.377 e. The van der Waals surface area contributed by atoms with Gasteiger partial charge in [-0.15, -0.1) is 0 Å². The summed E-state index contributed by atoms with van der Waals surface area (Å²) in [4.78, 5) is 17.0. The topological polar surface area (TPSA) is 58.8 Å². The van der Waals surface area contributed by atoms with Crippen LogP contribution in [-0.4, -0.2) is 66.3 Å². The van der Waals surface area contributed by atoms with Crippen molar-refractivity contribution in [1.29, 1.82) is 0 Å². The van der Waals surface area contributed by atoms with Gasteiger partial charge in [0, 0.05) is 44.8 Å². The maximum absolute atomic E-state index is 12.6. The van der Waals surface area contributed by atoms with Crippen molar-refractivity contribution in [3.8, 4) is 0 Å². The average Bonchev–Trinajstić information content (AvgIpc) is 3.10. The zero-order chi connectivity index (χ0) is 16.9. The van der Waals surface area contributed by atoms with Crippen molar-refractivity contribution in [2.75, 3.05) is 39.3 Å². The molecule has 24 heavy (non-hydrogen) atoms. The largest absolute Gasteiger partial charge is 0.377 e. The number of rotatable bonds is 5. The summed E-state index contributed by atoms with van der Waals surface area (Å²) in [6.07, 6.45) is 5.06. The third-order valence-electron chi connectivity index (χ3n) is 5.20. The molecule has 6 nitrogen and oxygen atoms in total. The smallest absolute Gasteiger partial charge is 0.222 e. The van der Waals surface area contributed by atoms with Gasteiger partial charge in [0.05, 0.1) is 11.8 Å². The lowest BCUT2D eigenvalue weighted by Gasteiger charge is -2.24. The van der Waals surface area contributed by atoms with E-state index in [-0.39, 0.29) is 5.91 Å². The van der Waals surface area contributed by atoms with E-state index in [0.29, 0.717) is 12.5 Å². The number of aromatic nitrogens is 1. The Kier molecular flexibility index (Phi) is 5.89. The number of hydrogen-bond donors (Lipinski definition) is 0. The molecular weight excluding hydrogens is 306 g/mol. The first kappa shape index (κ1) is 17.4. The van der Waals surface area contributed by atoms with E-state index < -0.39 is 0 Å². The van der Waals surface area contributed by atoms with Crippen molar-refractivity contribution in [2.24, 2.45) is 0 Å². The third-order valence-corrected chi connectivity index (χ3v) is 5.20. The van der Waals surface area contributed by atoms with E-state index in [9.17, 15) is 4.79 Å². The van der Waals surface area contributed by atoms with Crippen LogP contribution in [0.4, 0.5) is 0 Å². The maximum Gasteiger partial charge on any atom is 0.222 e. The molecule has 0 aliphatic carbocycles. The molecule has 1 aromatic rings. The fourth-order valence-electron chi connectivity index (χ4n) is 3.73. The quantitative estimate of drug-likeness (QED) is 0.823. The Hall–Kier alpha value is -1.40. The van der Waals surface area contributed by atoms with Crippen LogP contribution >= 0.6 is 0 Å². The second-order valence-electron chi connectivity index (χ2n) is 6.97. The lowest BCUT2D eigenvalue weighted by molar-refractivity contribution is -0.131. The highest BCUT2D eigenvalue weighted by Crippen LogP contribution is 2.17. The van der Waals surface area contributed by atoms with Gasteiger partial charge in [-0.25, -0.2) is 0 Å². The van der Waals surface area contributed by atoms with Crippen molar-refractivity contribution in [2.45, 2.75) is 52.1 Å². The molecule has 134 valence electrons. The molecule has 0 aromatic carbocycles. The van der Waals surface area contributed by atoms with Crippen LogP contribution in [0, 0.1) is 13.8 Å². The van der Waals surface area contributed by atoms with Crippen molar-refractivity contribution in [1.82, 2.24) is 15.0 Å². The normalized spacial score (nSPS) is 22.8. The molecule has 1 aromatic heterocycles. The van der Waals surface area contributed by atoms with Crippen LogP contribution in [0.1, 0.15) is 42.7 Å². The Morgan fingerprint density at radius 1 is 1.21 bits per heavy atom. The van der Waals surface area contributed by atoms with Crippen LogP contribution in [0.5, 0.6) is 0 Å². The van der Waals surface area contributed by atoms with Crippen LogP contribution in [0.3, 0.4) is 0 Å². The average molecular weight is 335 g/mol. The first-order chi connectivity index (χ1) is 11.6. The molecule has 2 aliphatic rings. The molecule has 2 saturated heterocycles. The van der Waals surface area contributed by atoms with Gasteiger partial charge < -0.3 is 14.2 Å². The Balaban J connectivity index is 1.45. The van der Waals surface area contributed by atoms with Gasteiger partial charge in [-0.1, -0.05) is 5.16 Å². The Labute approximate surface area is 144 Å². The Morgan fingerprint density at radius 3 is 2.79 bits per heavy atom. The van der Waals surface area contributed by atoms with E-state index in [0.717, 1.165) is 69.2 Å². The van der Waals surface area contributed by atoms with Crippen LogP contribution in [0.2, 0.25) is 0 Å². The monoisotopic (exact) mass is 335 g/mol. The summed E-state index contributed by atoms with van der Waals surface area (Å²) in [5.74, 6) is 1.08. The number of aryl methyl sites for hydroxylation is 2. The Bertz CT molecular complexity index is 532. The Morgan fingerprint density at radius 2 is 2.08 bits per heavy atom. The molecule has 1 atom stereocenters. The zero-order valence-corrected chi connectivity index (χ0v) is 14.9. The summed E-state index contributed by atoms with van der Waals surface area (Å²) in [5.41, 5.74) is 1.98. The standard InChI is InChI=1S/C18H29N3O3/c1-14-17(15(2)24-19-14)6-7-18(22)21-9-4-8-20(10-11-21)13-16-5-3-12-23-16/h16H,3-13H2,1-2H3/t16-/m0/s1. The molecule has 6 heteroatoms. The van der Waals surface area contributed by atoms with Gasteiger partial charge in [-0.2, -0.15) is 0 Å². The van der Waals surface area contributed by atoms with Gasteiger partial charge in [-0.05, 0) is 46.1 Å². The SMILES string of the molecule is Cc1noc(C)c1CCC(=O)N1CCCN(C[C@@H]2CCCO2)CC1. The second kappa shape index (κ2) is 8.12. The predicted molar refractivity (Wildman–Crippen MR) is 90.9 cm³/mol. The summed E-state index contributed by atoms with van der Waals surface area (Å²) in [6, 6.07) is 0.